The molecule has 0 aromatic carbocycles. The van der Waals surface area contributed by atoms with Gasteiger partial charge in [-0.25, -0.2) is 4.39 Å². The molecule has 0 aliphatic heterocycles. The molecule has 0 aromatic rings. The second-order valence-corrected chi connectivity index (χ2v) is 7.11. The number of rotatable bonds is 3. The number of hydrogen-bond acceptors (Lipinski definition) is 1. The van der Waals surface area contributed by atoms with E-state index in [1.165, 1.54) is 0 Å². The van der Waals surface area contributed by atoms with E-state index >= 15 is 0 Å². The topological polar surface area (TPSA) is 37.3 Å². The first-order valence-corrected chi connectivity index (χ1v) is 6.05. The van der Waals surface area contributed by atoms with E-state index in [-0.39, 0.29) is 17.3 Å². The van der Waals surface area contributed by atoms with E-state index in [0.717, 1.165) is 6.42 Å². The zero-order chi connectivity index (χ0) is 13.5. The zero-order valence-electron chi connectivity index (χ0n) is 11.3. The van der Waals surface area contributed by atoms with Crippen LogP contribution in [0.2, 0.25) is 0 Å². The molecule has 0 aromatic heterocycles. The van der Waals surface area contributed by atoms with E-state index in [1.54, 1.807) is 0 Å². The Kier molecular flexibility index (Phi) is 3.43. The second-order valence-electron chi connectivity index (χ2n) is 7.11. The molecule has 0 radical (unpaired) electrons. The van der Waals surface area contributed by atoms with Crippen LogP contribution in [0.3, 0.4) is 0 Å². The van der Waals surface area contributed by atoms with Crippen LogP contribution in [0.25, 0.3) is 0 Å². The van der Waals surface area contributed by atoms with E-state index in [1.807, 2.05) is 0 Å². The van der Waals surface area contributed by atoms with Crippen LogP contribution in [-0.4, -0.2) is 11.1 Å². The van der Waals surface area contributed by atoms with Crippen LogP contribution in [0.1, 0.15) is 53.4 Å². The smallest absolute Gasteiger partial charge is 0.304 e. The van der Waals surface area contributed by atoms with Gasteiger partial charge in [-0.1, -0.05) is 34.3 Å². The van der Waals surface area contributed by atoms with Gasteiger partial charge in [-0.3, -0.25) is 4.79 Å². The molecule has 2 nitrogen and oxygen atoms in total. The predicted molar refractivity (Wildman–Crippen MR) is 66.3 cm³/mol. The monoisotopic (exact) mass is 242 g/mol. The maximum absolute atomic E-state index is 13.8. The molecule has 0 unspecified atom stereocenters. The van der Waals surface area contributed by atoms with E-state index < -0.39 is 17.2 Å². The molecular formula is C14H23FO2. The normalized spacial score (nSPS) is 25.2. The van der Waals surface area contributed by atoms with Crippen molar-refractivity contribution in [2.75, 3.05) is 0 Å². The number of carbonyl (C=O) groups is 1. The quantitative estimate of drug-likeness (QED) is 0.806. The molecule has 1 saturated carbocycles. The molecule has 98 valence electrons. The van der Waals surface area contributed by atoms with Crippen LogP contribution < -0.4 is 0 Å². The minimum absolute atomic E-state index is 0.0494. The van der Waals surface area contributed by atoms with E-state index in [9.17, 15) is 9.18 Å². The number of halogens is 1. The summed E-state index contributed by atoms with van der Waals surface area (Å²) in [7, 11) is 0. The van der Waals surface area contributed by atoms with Crippen molar-refractivity contribution in [2.45, 2.75) is 53.4 Å². The van der Waals surface area contributed by atoms with Gasteiger partial charge in [-0.2, -0.15) is 0 Å². The standard InChI is InChI=1S/C14H23FO2/c1-10(15)14(6-11(16)17)8-12(2,3)7-13(4,5)9-14/h1,6-9H2,2-5H3,(H,16,17). The molecule has 1 N–H and O–H groups in total. The Labute approximate surface area is 103 Å². The molecule has 0 amide bonds. The highest BCUT2D eigenvalue weighted by atomic mass is 19.1. The molecule has 1 aliphatic rings. The third-order valence-corrected chi connectivity index (χ3v) is 3.66. The van der Waals surface area contributed by atoms with Crippen LogP contribution >= 0.6 is 0 Å². The number of hydrogen-bond donors (Lipinski definition) is 1. The van der Waals surface area contributed by atoms with Gasteiger partial charge in [0.15, 0.2) is 0 Å². The Morgan fingerprint density at radius 1 is 1.18 bits per heavy atom. The van der Waals surface area contributed by atoms with Crippen LogP contribution in [-0.2, 0) is 4.79 Å². The Bertz CT molecular complexity index is 326. The molecule has 1 fully saturated rings. The third-order valence-electron chi connectivity index (χ3n) is 3.66. The third kappa shape index (κ3) is 3.30. The average molecular weight is 242 g/mol. The van der Waals surface area contributed by atoms with Gasteiger partial charge >= 0.3 is 5.97 Å². The zero-order valence-corrected chi connectivity index (χ0v) is 11.3. The minimum Gasteiger partial charge on any atom is -0.481 e. The van der Waals surface area contributed by atoms with Gasteiger partial charge < -0.3 is 5.11 Å². The summed E-state index contributed by atoms with van der Waals surface area (Å²) in [5.41, 5.74) is -0.991. The van der Waals surface area contributed by atoms with E-state index in [4.69, 9.17) is 5.11 Å². The molecular weight excluding hydrogens is 219 g/mol. The van der Waals surface area contributed by atoms with Crippen molar-refractivity contribution in [3.8, 4) is 0 Å². The van der Waals surface area contributed by atoms with Gasteiger partial charge in [-0.05, 0) is 30.1 Å². The number of aliphatic carboxylic acids is 1. The lowest BCUT2D eigenvalue weighted by molar-refractivity contribution is -0.141. The van der Waals surface area contributed by atoms with Crippen molar-refractivity contribution in [1.82, 2.24) is 0 Å². The summed E-state index contributed by atoms with van der Waals surface area (Å²) >= 11 is 0. The first-order valence-electron chi connectivity index (χ1n) is 6.05. The molecule has 0 heterocycles. The summed E-state index contributed by atoms with van der Waals surface area (Å²) in [5.74, 6) is -1.42. The average Bonchev–Trinajstić information content (AvgIpc) is 1.94. The second kappa shape index (κ2) is 4.11. The highest BCUT2D eigenvalue weighted by Gasteiger charge is 2.50. The summed E-state index contributed by atoms with van der Waals surface area (Å²) in [4.78, 5) is 11.0. The lowest BCUT2D eigenvalue weighted by atomic mass is 9.54. The first-order chi connectivity index (χ1) is 7.48. The lowest BCUT2D eigenvalue weighted by Gasteiger charge is -2.51. The Morgan fingerprint density at radius 2 is 1.59 bits per heavy atom. The Balaban J connectivity index is 3.12. The van der Waals surface area contributed by atoms with E-state index in [0.29, 0.717) is 12.8 Å². The molecule has 0 atom stereocenters. The molecule has 17 heavy (non-hydrogen) atoms. The van der Waals surface area contributed by atoms with Crippen molar-refractivity contribution < 1.29 is 14.3 Å². The van der Waals surface area contributed by atoms with Gasteiger partial charge in [0.05, 0.1) is 12.2 Å². The molecule has 1 aliphatic carbocycles. The molecule has 3 heteroatoms. The summed E-state index contributed by atoms with van der Waals surface area (Å²) in [6, 6.07) is 0. The molecule has 1 rings (SSSR count). The van der Waals surface area contributed by atoms with Gasteiger partial charge in [0, 0.05) is 5.41 Å². The minimum atomic E-state index is -0.947. The van der Waals surface area contributed by atoms with Crippen LogP contribution in [0.5, 0.6) is 0 Å². The van der Waals surface area contributed by atoms with Crippen molar-refractivity contribution in [2.24, 2.45) is 16.2 Å². The summed E-state index contributed by atoms with van der Waals surface area (Å²) in [5, 5.41) is 9.01. The molecule has 0 saturated heterocycles. The van der Waals surface area contributed by atoms with Crippen molar-refractivity contribution >= 4 is 5.97 Å². The van der Waals surface area contributed by atoms with Crippen molar-refractivity contribution in [3.05, 3.63) is 12.4 Å². The first kappa shape index (κ1) is 14.2. The van der Waals surface area contributed by atoms with Gasteiger partial charge in [0.25, 0.3) is 0 Å². The highest BCUT2D eigenvalue weighted by Crippen LogP contribution is 2.58. The SMILES string of the molecule is C=C(F)C1(CC(=O)O)CC(C)(C)CC(C)(C)C1. The number of carboxylic acids is 1. The van der Waals surface area contributed by atoms with Crippen molar-refractivity contribution in [3.63, 3.8) is 0 Å². The summed E-state index contributed by atoms with van der Waals surface area (Å²) in [6.45, 7) is 11.7. The maximum Gasteiger partial charge on any atom is 0.304 e. The van der Waals surface area contributed by atoms with E-state index in [2.05, 4.69) is 34.3 Å². The Morgan fingerprint density at radius 3 is 1.88 bits per heavy atom. The lowest BCUT2D eigenvalue weighted by Crippen LogP contribution is -2.42. The molecule has 0 spiro atoms. The predicted octanol–water partition coefficient (Wildman–Crippen LogP) is 4.17. The van der Waals surface area contributed by atoms with Crippen LogP contribution in [0.15, 0.2) is 12.4 Å². The van der Waals surface area contributed by atoms with Crippen LogP contribution in [0, 0.1) is 16.2 Å². The van der Waals surface area contributed by atoms with Crippen LogP contribution in [0.4, 0.5) is 4.39 Å². The van der Waals surface area contributed by atoms with Gasteiger partial charge in [-0.15, -0.1) is 0 Å². The maximum atomic E-state index is 13.8. The van der Waals surface area contributed by atoms with Gasteiger partial charge in [0.2, 0.25) is 0 Å². The largest absolute Gasteiger partial charge is 0.481 e. The Hall–Kier alpha value is -0.860. The fraction of sp³-hybridized carbons (Fsp3) is 0.786. The van der Waals surface area contributed by atoms with Crippen molar-refractivity contribution in [1.29, 1.82) is 0 Å². The highest BCUT2D eigenvalue weighted by molar-refractivity contribution is 5.68. The summed E-state index contributed by atoms with van der Waals surface area (Å²) < 4.78 is 13.8. The fourth-order valence-corrected chi connectivity index (χ4v) is 4.02. The summed E-state index contributed by atoms with van der Waals surface area (Å²) in [6.07, 6.45) is 1.94. The number of allylic oxidation sites excluding steroid dienone is 1. The fourth-order valence-electron chi connectivity index (χ4n) is 4.02. The number of carboxylic acid groups (broad SMARTS) is 1. The van der Waals surface area contributed by atoms with Gasteiger partial charge in [0.1, 0.15) is 0 Å². The molecule has 0 bridgehead atoms.